The molecule has 7 heteroatoms. The Bertz CT molecular complexity index is 975. The van der Waals surface area contributed by atoms with Gasteiger partial charge in [0.25, 0.3) is 0 Å². The maximum absolute atomic E-state index is 13.4. The molecular weight excluding hydrogens is 422 g/mol. The van der Waals surface area contributed by atoms with Crippen LogP contribution in [0, 0.1) is 11.6 Å². The number of rotatable bonds is 8. The minimum absolute atomic E-state index is 0.0377. The summed E-state index contributed by atoms with van der Waals surface area (Å²) in [6.45, 7) is 2.80. The molecule has 1 fully saturated rings. The van der Waals surface area contributed by atoms with E-state index in [2.05, 4.69) is 14.9 Å². The van der Waals surface area contributed by atoms with Gasteiger partial charge in [0.05, 0.1) is 0 Å². The maximum atomic E-state index is 13.4. The van der Waals surface area contributed by atoms with Gasteiger partial charge in [0, 0.05) is 50.9 Å². The van der Waals surface area contributed by atoms with E-state index in [1.54, 1.807) is 42.7 Å². The molecule has 5 nitrogen and oxygen atoms in total. The third kappa shape index (κ3) is 6.12. The molecular formula is C26H28F2N4O. The van der Waals surface area contributed by atoms with Crippen molar-refractivity contribution < 1.29 is 13.6 Å². The SMILES string of the molecule is O=C(CCCCC(c1ccc(F)cc1)c1ccc(F)cc1)N1CCN(c2ncccn2)CC1. The quantitative estimate of drug-likeness (QED) is 0.463. The number of hydrogen-bond donors (Lipinski definition) is 0. The van der Waals surface area contributed by atoms with E-state index in [-0.39, 0.29) is 23.5 Å². The smallest absolute Gasteiger partial charge is 0.225 e. The van der Waals surface area contributed by atoms with Crippen LogP contribution in [0.5, 0.6) is 0 Å². The van der Waals surface area contributed by atoms with Crippen molar-refractivity contribution in [1.82, 2.24) is 14.9 Å². The Hall–Kier alpha value is -3.35. The Balaban J connectivity index is 1.27. The Morgan fingerprint density at radius 3 is 1.91 bits per heavy atom. The van der Waals surface area contributed by atoms with Crippen molar-refractivity contribution in [1.29, 1.82) is 0 Å². The normalized spacial score (nSPS) is 14.0. The van der Waals surface area contributed by atoms with Crippen LogP contribution in [0.4, 0.5) is 14.7 Å². The van der Waals surface area contributed by atoms with Gasteiger partial charge in [-0.2, -0.15) is 0 Å². The van der Waals surface area contributed by atoms with Crippen molar-refractivity contribution in [2.45, 2.75) is 31.6 Å². The summed E-state index contributed by atoms with van der Waals surface area (Å²) in [6, 6.07) is 14.7. The first kappa shape index (κ1) is 22.8. The fourth-order valence-electron chi connectivity index (χ4n) is 4.31. The summed E-state index contributed by atoms with van der Waals surface area (Å²) in [6.07, 6.45) is 6.39. The zero-order chi connectivity index (χ0) is 23.0. The van der Waals surface area contributed by atoms with E-state index in [9.17, 15) is 13.6 Å². The average Bonchev–Trinajstić information content (AvgIpc) is 2.86. The summed E-state index contributed by atoms with van der Waals surface area (Å²) in [5.74, 6) is 0.360. The number of piperazine rings is 1. The van der Waals surface area contributed by atoms with Gasteiger partial charge in [0.1, 0.15) is 11.6 Å². The summed E-state index contributed by atoms with van der Waals surface area (Å²) < 4.78 is 26.8. The number of benzene rings is 2. The summed E-state index contributed by atoms with van der Waals surface area (Å²) in [7, 11) is 0. The lowest BCUT2D eigenvalue weighted by Gasteiger charge is -2.34. The summed E-state index contributed by atoms with van der Waals surface area (Å²) in [4.78, 5) is 25.3. The van der Waals surface area contributed by atoms with Gasteiger partial charge in [-0.1, -0.05) is 30.7 Å². The highest BCUT2D eigenvalue weighted by Crippen LogP contribution is 2.30. The van der Waals surface area contributed by atoms with Crippen LogP contribution in [0.2, 0.25) is 0 Å². The first-order valence-electron chi connectivity index (χ1n) is 11.4. The number of carbonyl (C=O) groups excluding carboxylic acids is 1. The number of carbonyl (C=O) groups is 1. The lowest BCUT2D eigenvalue weighted by Crippen LogP contribution is -2.49. The lowest BCUT2D eigenvalue weighted by atomic mass is 9.87. The fourth-order valence-corrected chi connectivity index (χ4v) is 4.31. The fraction of sp³-hybridized carbons (Fsp3) is 0.346. The van der Waals surface area contributed by atoms with Gasteiger partial charge < -0.3 is 9.80 Å². The number of unbranched alkanes of at least 4 members (excludes halogenated alkanes) is 1. The van der Waals surface area contributed by atoms with Crippen molar-refractivity contribution in [3.8, 4) is 0 Å². The molecule has 1 amide bonds. The van der Waals surface area contributed by atoms with Crippen LogP contribution in [0.3, 0.4) is 0 Å². The Morgan fingerprint density at radius 2 is 1.36 bits per heavy atom. The lowest BCUT2D eigenvalue weighted by molar-refractivity contribution is -0.131. The number of halogens is 2. The number of anilines is 1. The average molecular weight is 451 g/mol. The molecule has 0 spiro atoms. The topological polar surface area (TPSA) is 49.3 Å². The van der Waals surface area contributed by atoms with Crippen molar-refractivity contribution in [3.05, 3.63) is 89.8 Å². The number of aromatic nitrogens is 2. The van der Waals surface area contributed by atoms with Crippen LogP contribution in [0.15, 0.2) is 67.0 Å². The van der Waals surface area contributed by atoms with Crippen molar-refractivity contribution in [2.24, 2.45) is 0 Å². The molecule has 172 valence electrons. The zero-order valence-corrected chi connectivity index (χ0v) is 18.5. The van der Waals surface area contributed by atoms with Crippen molar-refractivity contribution >= 4 is 11.9 Å². The highest BCUT2D eigenvalue weighted by atomic mass is 19.1. The molecule has 1 aliphatic heterocycles. The highest BCUT2D eigenvalue weighted by Gasteiger charge is 2.22. The van der Waals surface area contributed by atoms with Gasteiger partial charge in [-0.25, -0.2) is 18.7 Å². The second kappa shape index (κ2) is 11.0. The summed E-state index contributed by atoms with van der Waals surface area (Å²) in [5, 5.41) is 0. The van der Waals surface area contributed by atoms with E-state index in [0.717, 1.165) is 43.5 Å². The molecule has 0 atom stereocenters. The number of hydrogen-bond acceptors (Lipinski definition) is 4. The molecule has 0 aliphatic carbocycles. The van der Waals surface area contributed by atoms with E-state index in [1.165, 1.54) is 24.3 Å². The molecule has 1 saturated heterocycles. The molecule has 0 N–H and O–H groups in total. The zero-order valence-electron chi connectivity index (χ0n) is 18.5. The third-order valence-corrected chi connectivity index (χ3v) is 6.15. The molecule has 3 aromatic rings. The van der Waals surface area contributed by atoms with Crippen LogP contribution in [0.25, 0.3) is 0 Å². The highest BCUT2D eigenvalue weighted by molar-refractivity contribution is 5.76. The predicted molar refractivity (Wildman–Crippen MR) is 124 cm³/mol. The monoisotopic (exact) mass is 450 g/mol. The Morgan fingerprint density at radius 1 is 0.818 bits per heavy atom. The third-order valence-electron chi connectivity index (χ3n) is 6.15. The Kier molecular flexibility index (Phi) is 7.60. The van der Waals surface area contributed by atoms with E-state index in [4.69, 9.17) is 0 Å². The van der Waals surface area contributed by atoms with Gasteiger partial charge in [-0.05, 0) is 54.3 Å². The van der Waals surface area contributed by atoms with Crippen LogP contribution in [0.1, 0.15) is 42.7 Å². The molecule has 4 rings (SSSR count). The second-order valence-electron chi connectivity index (χ2n) is 8.32. The van der Waals surface area contributed by atoms with Crippen LogP contribution < -0.4 is 4.90 Å². The van der Waals surface area contributed by atoms with Crippen LogP contribution in [-0.2, 0) is 4.79 Å². The summed E-state index contributed by atoms with van der Waals surface area (Å²) >= 11 is 0. The van der Waals surface area contributed by atoms with Gasteiger partial charge >= 0.3 is 0 Å². The van der Waals surface area contributed by atoms with E-state index in [1.807, 2.05) is 4.90 Å². The van der Waals surface area contributed by atoms with Gasteiger partial charge in [0.2, 0.25) is 11.9 Å². The van der Waals surface area contributed by atoms with Crippen molar-refractivity contribution in [3.63, 3.8) is 0 Å². The van der Waals surface area contributed by atoms with Crippen LogP contribution >= 0.6 is 0 Å². The minimum Gasteiger partial charge on any atom is -0.339 e. The first-order chi connectivity index (χ1) is 16.1. The molecule has 0 saturated carbocycles. The van der Waals surface area contributed by atoms with E-state index < -0.39 is 0 Å². The van der Waals surface area contributed by atoms with E-state index >= 15 is 0 Å². The molecule has 0 unspecified atom stereocenters. The number of amides is 1. The predicted octanol–water partition coefficient (Wildman–Crippen LogP) is 4.80. The second-order valence-corrected chi connectivity index (χ2v) is 8.32. The molecule has 1 aliphatic rings. The van der Waals surface area contributed by atoms with E-state index in [0.29, 0.717) is 25.5 Å². The molecule has 2 heterocycles. The first-order valence-corrected chi connectivity index (χ1v) is 11.4. The summed E-state index contributed by atoms with van der Waals surface area (Å²) in [5.41, 5.74) is 1.99. The largest absolute Gasteiger partial charge is 0.339 e. The molecule has 0 radical (unpaired) electrons. The van der Waals surface area contributed by atoms with Crippen molar-refractivity contribution in [2.75, 3.05) is 31.1 Å². The van der Waals surface area contributed by atoms with Gasteiger partial charge in [0.15, 0.2) is 0 Å². The minimum atomic E-state index is -0.277. The molecule has 1 aromatic heterocycles. The molecule has 0 bridgehead atoms. The standard InChI is InChI=1S/C26H28F2N4O/c27-22-10-6-20(7-11-22)24(21-8-12-23(28)13-9-21)4-1-2-5-25(33)31-16-18-32(19-17-31)26-29-14-3-15-30-26/h3,6-15,24H,1-2,4-5,16-19H2. The molecule has 33 heavy (non-hydrogen) atoms. The van der Waals surface area contributed by atoms with Crippen LogP contribution in [-0.4, -0.2) is 47.0 Å². The molecule has 2 aromatic carbocycles. The number of nitrogens with zero attached hydrogens (tertiary/aromatic N) is 4. The maximum Gasteiger partial charge on any atom is 0.225 e. The Labute approximate surface area is 193 Å². The van der Waals surface area contributed by atoms with Gasteiger partial charge in [-0.15, -0.1) is 0 Å². The van der Waals surface area contributed by atoms with Gasteiger partial charge in [-0.3, -0.25) is 4.79 Å².